The molecule has 1 aromatic carbocycles. The zero-order valence-corrected chi connectivity index (χ0v) is 21.4. The number of likely N-dealkylation sites (N-methyl/N-ethyl adjacent to an activating group) is 1. The monoisotopic (exact) mass is 511 g/mol. The van der Waals surface area contributed by atoms with Gasteiger partial charge in [0.15, 0.2) is 0 Å². The Hall–Kier alpha value is -1.68. The van der Waals surface area contributed by atoms with E-state index >= 15 is 0 Å². The minimum atomic E-state index is -4.10. The Morgan fingerprint density at radius 1 is 1.15 bits per heavy atom. The van der Waals surface area contributed by atoms with Gasteiger partial charge in [0.1, 0.15) is 6.04 Å². The van der Waals surface area contributed by atoms with Crippen LogP contribution in [0.4, 0.5) is 0 Å². The van der Waals surface area contributed by atoms with Gasteiger partial charge in [-0.1, -0.05) is 31.4 Å². The van der Waals surface area contributed by atoms with Crippen molar-refractivity contribution in [3.8, 4) is 0 Å². The van der Waals surface area contributed by atoms with Crippen LogP contribution < -0.4 is 0 Å². The summed E-state index contributed by atoms with van der Waals surface area (Å²) in [6, 6.07) is 2.84. The Balaban J connectivity index is 1.65. The number of rotatable bonds is 6. The molecule has 1 amide bonds. The number of sulfonamides is 1. The maximum absolute atomic E-state index is 13.9. The van der Waals surface area contributed by atoms with Gasteiger partial charge in [-0.3, -0.25) is 4.79 Å². The van der Waals surface area contributed by atoms with Crippen LogP contribution >= 0.6 is 11.6 Å². The van der Waals surface area contributed by atoms with Crippen molar-refractivity contribution in [2.24, 2.45) is 5.92 Å². The standard InChI is InChI=1S/C24H34ClN3O5S/c1-3-27-12-10-17(11-13-27)26(2)23(29)22-14-16-6-4-5-7-21(16)28(22)34(32,33)18-8-9-20(25)19(15-18)24(30)31/h8-9,15-17,21-22H,3-7,10-14H2,1-2H3,(H,30,31). The maximum atomic E-state index is 13.9. The Bertz CT molecular complexity index is 1040. The van der Waals surface area contributed by atoms with Crippen LogP contribution in [0, 0.1) is 5.92 Å². The van der Waals surface area contributed by atoms with E-state index < -0.39 is 22.0 Å². The van der Waals surface area contributed by atoms with Gasteiger partial charge in [-0.05, 0) is 62.8 Å². The van der Waals surface area contributed by atoms with Gasteiger partial charge in [-0.2, -0.15) is 4.31 Å². The van der Waals surface area contributed by atoms with Crippen molar-refractivity contribution in [2.75, 3.05) is 26.7 Å². The summed E-state index contributed by atoms with van der Waals surface area (Å²) in [5.41, 5.74) is -0.259. The van der Waals surface area contributed by atoms with Gasteiger partial charge in [0.2, 0.25) is 15.9 Å². The van der Waals surface area contributed by atoms with Crippen molar-refractivity contribution < 1.29 is 23.1 Å². The highest BCUT2D eigenvalue weighted by atomic mass is 35.5. The topological polar surface area (TPSA) is 98.2 Å². The maximum Gasteiger partial charge on any atom is 0.337 e. The number of carbonyl (C=O) groups excluding carboxylic acids is 1. The van der Waals surface area contributed by atoms with E-state index in [9.17, 15) is 23.1 Å². The normalized spacial score (nSPS) is 26.9. The summed E-state index contributed by atoms with van der Waals surface area (Å²) < 4.78 is 29.2. The molecule has 0 aromatic heterocycles. The zero-order valence-electron chi connectivity index (χ0n) is 19.8. The second-order valence-corrected chi connectivity index (χ2v) is 12.0. The fraction of sp³-hybridized carbons (Fsp3) is 0.667. The van der Waals surface area contributed by atoms with Crippen LogP contribution in [-0.2, 0) is 14.8 Å². The van der Waals surface area contributed by atoms with Gasteiger partial charge in [0, 0.05) is 32.2 Å². The van der Waals surface area contributed by atoms with Crippen LogP contribution in [0.25, 0.3) is 0 Å². The molecule has 1 N–H and O–H groups in total. The van der Waals surface area contributed by atoms with E-state index in [0.29, 0.717) is 12.8 Å². The van der Waals surface area contributed by atoms with Crippen molar-refractivity contribution in [1.82, 2.24) is 14.1 Å². The third-order valence-corrected chi connectivity index (χ3v) is 10.2. The molecule has 2 aliphatic heterocycles. The van der Waals surface area contributed by atoms with Gasteiger partial charge >= 0.3 is 5.97 Å². The number of carboxylic acids is 1. The molecular formula is C24H34ClN3O5S. The Labute approximate surface area is 206 Å². The average molecular weight is 512 g/mol. The molecule has 0 radical (unpaired) electrons. The van der Waals surface area contributed by atoms with Crippen molar-refractivity contribution in [1.29, 1.82) is 0 Å². The van der Waals surface area contributed by atoms with E-state index in [0.717, 1.165) is 57.8 Å². The lowest BCUT2D eigenvalue weighted by Gasteiger charge is -2.39. The molecular weight excluding hydrogens is 478 g/mol. The van der Waals surface area contributed by atoms with Crippen LogP contribution in [0.1, 0.15) is 62.2 Å². The van der Waals surface area contributed by atoms with E-state index in [-0.39, 0.29) is 39.4 Å². The predicted molar refractivity (Wildman–Crippen MR) is 129 cm³/mol. The highest BCUT2D eigenvalue weighted by molar-refractivity contribution is 7.89. The number of fused-ring (bicyclic) bond motifs is 1. The van der Waals surface area contributed by atoms with E-state index in [4.69, 9.17) is 11.6 Å². The van der Waals surface area contributed by atoms with E-state index in [1.54, 1.807) is 11.9 Å². The van der Waals surface area contributed by atoms with Crippen LogP contribution in [0.5, 0.6) is 0 Å². The number of piperidine rings is 1. The number of hydrogen-bond donors (Lipinski definition) is 1. The van der Waals surface area contributed by atoms with Crippen molar-refractivity contribution >= 4 is 33.5 Å². The van der Waals surface area contributed by atoms with E-state index in [2.05, 4.69) is 11.8 Å². The number of carbonyl (C=O) groups is 2. The lowest BCUT2D eigenvalue weighted by atomic mass is 9.85. The molecule has 1 saturated carbocycles. The summed E-state index contributed by atoms with van der Waals surface area (Å²) in [4.78, 5) is 29.3. The molecule has 10 heteroatoms. The molecule has 3 unspecified atom stereocenters. The number of hydrogen-bond acceptors (Lipinski definition) is 5. The molecule has 8 nitrogen and oxygen atoms in total. The number of benzene rings is 1. The minimum absolute atomic E-state index is 0.0193. The summed E-state index contributed by atoms with van der Waals surface area (Å²) in [5.74, 6) is -1.30. The first-order chi connectivity index (χ1) is 16.1. The molecule has 1 aromatic rings. The smallest absolute Gasteiger partial charge is 0.337 e. The molecule has 1 aliphatic carbocycles. The predicted octanol–water partition coefficient (Wildman–Crippen LogP) is 3.30. The van der Waals surface area contributed by atoms with E-state index in [1.807, 2.05) is 0 Å². The van der Waals surface area contributed by atoms with Crippen molar-refractivity contribution in [3.63, 3.8) is 0 Å². The SMILES string of the molecule is CCN1CCC(N(C)C(=O)C2CC3CCCCC3N2S(=O)(=O)c2ccc(Cl)c(C(=O)O)c2)CC1. The molecule has 188 valence electrons. The Morgan fingerprint density at radius 3 is 2.47 bits per heavy atom. The van der Waals surface area contributed by atoms with Crippen LogP contribution in [0.3, 0.4) is 0 Å². The van der Waals surface area contributed by atoms with Crippen LogP contribution in [0.15, 0.2) is 23.1 Å². The second-order valence-electron chi connectivity index (χ2n) is 9.76. The van der Waals surface area contributed by atoms with Crippen molar-refractivity contribution in [2.45, 2.75) is 74.9 Å². The highest BCUT2D eigenvalue weighted by Crippen LogP contribution is 2.43. The molecule has 3 atom stereocenters. The molecule has 3 fully saturated rings. The molecule has 2 saturated heterocycles. The third-order valence-electron chi connectivity index (χ3n) is 7.96. The van der Waals surface area contributed by atoms with E-state index in [1.165, 1.54) is 16.4 Å². The molecule has 0 spiro atoms. The van der Waals surface area contributed by atoms with Crippen molar-refractivity contribution in [3.05, 3.63) is 28.8 Å². The van der Waals surface area contributed by atoms with Gasteiger partial charge in [-0.15, -0.1) is 0 Å². The molecule has 2 heterocycles. The quantitative estimate of drug-likeness (QED) is 0.629. The Kier molecular flexibility index (Phi) is 7.57. The highest BCUT2D eigenvalue weighted by Gasteiger charge is 2.52. The first kappa shape index (κ1) is 25.4. The first-order valence-electron chi connectivity index (χ1n) is 12.2. The van der Waals surface area contributed by atoms with Gasteiger partial charge in [-0.25, -0.2) is 13.2 Å². The summed E-state index contributed by atoms with van der Waals surface area (Å²) in [5, 5.41) is 9.43. The fourth-order valence-electron chi connectivity index (χ4n) is 5.96. The molecule has 34 heavy (non-hydrogen) atoms. The number of halogens is 1. The minimum Gasteiger partial charge on any atom is -0.478 e. The largest absolute Gasteiger partial charge is 0.478 e. The zero-order chi connectivity index (χ0) is 24.6. The summed E-state index contributed by atoms with van der Waals surface area (Å²) in [6.45, 7) is 4.98. The summed E-state index contributed by atoms with van der Waals surface area (Å²) >= 11 is 5.99. The van der Waals surface area contributed by atoms with Gasteiger partial charge < -0.3 is 14.9 Å². The molecule has 3 aliphatic rings. The fourth-order valence-corrected chi connectivity index (χ4v) is 8.06. The lowest BCUT2D eigenvalue weighted by molar-refractivity contribution is -0.136. The summed E-state index contributed by atoms with van der Waals surface area (Å²) in [7, 11) is -2.30. The molecule has 4 rings (SSSR count). The second kappa shape index (κ2) is 10.1. The average Bonchev–Trinajstić information content (AvgIpc) is 3.23. The summed E-state index contributed by atoms with van der Waals surface area (Å²) in [6.07, 6.45) is 5.83. The number of likely N-dealkylation sites (tertiary alicyclic amines) is 1. The lowest BCUT2D eigenvalue weighted by Crippen LogP contribution is -2.53. The van der Waals surface area contributed by atoms with Gasteiger partial charge in [0.25, 0.3) is 0 Å². The van der Waals surface area contributed by atoms with Gasteiger partial charge in [0.05, 0.1) is 15.5 Å². The number of nitrogens with zero attached hydrogens (tertiary/aromatic N) is 3. The molecule has 0 bridgehead atoms. The third kappa shape index (κ3) is 4.72. The first-order valence-corrected chi connectivity index (χ1v) is 14.0. The van der Waals surface area contributed by atoms with Crippen LogP contribution in [0.2, 0.25) is 5.02 Å². The Morgan fingerprint density at radius 2 is 1.82 bits per heavy atom. The number of aromatic carboxylic acids is 1. The number of carboxylic acid groups (broad SMARTS) is 1. The van der Waals surface area contributed by atoms with Crippen LogP contribution in [-0.4, -0.2) is 84.3 Å². The number of amides is 1.